The molecule has 0 aromatic heterocycles. The van der Waals surface area contributed by atoms with E-state index in [9.17, 15) is 0 Å². The van der Waals surface area contributed by atoms with Crippen molar-refractivity contribution in [1.82, 2.24) is 0 Å². The lowest BCUT2D eigenvalue weighted by atomic mass is 9.71. The van der Waals surface area contributed by atoms with Crippen molar-refractivity contribution in [3.05, 3.63) is 60.2 Å². The maximum absolute atomic E-state index is 6.99. The minimum Gasteiger partial charge on any atom is -0.497 e. The van der Waals surface area contributed by atoms with E-state index in [2.05, 4.69) is 78.9 Å². The number of methoxy groups -OCH3 is 1. The van der Waals surface area contributed by atoms with Crippen LogP contribution in [0.5, 0.6) is 5.75 Å². The second kappa shape index (κ2) is 9.03. The van der Waals surface area contributed by atoms with Gasteiger partial charge in [-0.3, -0.25) is 0 Å². The van der Waals surface area contributed by atoms with Gasteiger partial charge in [0.05, 0.1) is 18.7 Å². The molecule has 4 nitrogen and oxygen atoms in total. The Morgan fingerprint density at radius 1 is 0.906 bits per heavy atom. The van der Waals surface area contributed by atoms with Gasteiger partial charge in [-0.2, -0.15) is 0 Å². The zero-order valence-corrected chi connectivity index (χ0v) is 22.1. The van der Waals surface area contributed by atoms with Gasteiger partial charge in [-0.1, -0.05) is 71.9 Å². The van der Waals surface area contributed by atoms with Crippen molar-refractivity contribution in [3.8, 4) is 5.75 Å². The average molecular weight is 454 g/mol. The highest BCUT2D eigenvalue weighted by molar-refractivity contribution is 6.74. The molecule has 2 aromatic rings. The first kappa shape index (κ1) is 24.5. The van der Waals surface area contributed by atoms with Gasteiger partial charge in [0.15, 0.2) is 14.2 Å². The summed E-state index contributed by atoms with van der Waals surface area (Å²) in [7, 11) is -0.356. The SMILES string of the molecule is COc1ccc(N=C2O[C@@H]([C@@H](O[Si](C)(C)C(C)(C)C)c3ccccc3)[C@@H]2C(C)(C)C)cc1. The molecule has 32 heavy (non-hydrogen) atoms. The van der Waals surface area contributed by atoms with Crippen LogP contribution in [-0.2, 0) is 9.16 Å². The molecule has 0 radical (unpaired) electrons. The van der Waals surface area contributed by atoms with E-state index in [1.165, 1.54) is 5.56 Å². The molecule has 174 valence electrons. The molecular weight excluding hydrogens is 414 g/mol. The van der Waals surface area contributed by atoms with Gasteiger partial charge >= 0.3 is 0 Å². The first-order valence-electron chi connectivity index (χ1n) is 11.5. The minimum absolute atomic E-state index is 0.0158. The van der Waals surface area contributed by atoms with E-state index in [1.807, 2.05) is 30.3 Å². The Morgan fingerprint density at radius 2 is 1.50 bits per heavy atom. The second-order valence-corrected chi connectivity index (χ2v) is 16.0. The third-order valence-corrected chi connectivity index (χ3v) is 11.2. The topological polar surface area (TPSA) is 40.0 Å². The Labute approximate surface area is 195 Å². The smallest absolute Gasteiger partial charge is 0.196 e. The summed E-state index contributed by atoms with van der Waals surface area (Å²) in [5.41, 5.74) is 2.02. The fourth-order valence-corrected chi connectivity index (χ4v) is 5.05. The normalized spacial score (nSPS) is 21.6. The fourth-order valence-electron chi connectivity index (χ4n) is 3.79. The van der Waals surface area contributed by atoms with Crippen LogP contribution in [0.4, 0.5) is 5.69 Å². The molecule has 0 aliphatic carbocycles. The van der Waals surface area contributed by atoms with Crippen LogP contribution >= 0.6 is 0 Å². The molecule has 0 amide bonds. The highest BCUT2D eigenvalue weighted by Gasteiger charge is 2.54. The van der Waals surface area contributed by atoms with Crippen molar-refractivity contribution in [2.24, 2.45) is 16.3 Å². The predicted octanol–water partition coefficient (Wildman–Crippen LogP) is 7.55. The molecule has 1 aliphatic rings. The lowest BCUT2D eigenvalue weighted by molar-refractivity contribution is -0.0744. The zero-order chi connectivity index (χ0) is 23.7. The summed E-state index contributed by atoms with van der Waals surface area (Å²) in [6.45, 7) is 18.2. The molecule has 5 heteroatoms. The Bertz CT molecular complexity index is 924. The summed E-state index contributed by atoms with van der Waals surface area (Å²) < 4.78 is 18.7. The van der Waals surface area contributed by atoms with Crippen molar-refractivity contribution in [3.63, 3.8) is 0 Å². The fraction of sp³-hybridized carbons (Fsp3) is 0.519. The Hall–Kier alpha value is -2.11. The summed E-state index contributed by atoms with van der Waals surface area (Å²) >= 11 is 0. The lowest BCUT2D eigenvalue weighted by Gasteiger charge is -2.51. The van der Waals surface area contributed by atoms with Crippen LogP contribution in [0.1, 0.15) is 53.2 Å². The van der Waals surface area contributed by atoms with Crippen LogP contribution in [0.25, 0.3) is 0 Å². The third-order valence-electron chi connectivity index (χ3n) is 6.75. The van der Waals surface area contributed by atoms with Gasteiger partial charge in [-0.15, -0.1) is 0 Å². The van der Waals surface area contributed by atoms with Gasteiger partial charge in [0.1, 0.15) is 18.0 Å². The number of rotatable bonds is 6. The van der Waals surface area contributed by atoms with Crippen LogP contribution in [0, 0.1) is 11.3 Å². The lowest BCUT2D eigenvalue weighted by Crippen LogP contribution is -2.57. The van der Waals surface area contributed by atoms with Gasteiger partial charge in [-0.05, 0) is 53.4 Å². The van der Waals surface area contributed by atoms with Gasteiger partial charge in [0.2, 0.25) is 0 Å². The van der Waals surface area contributed by atoms with Gasteiger partial charge < -0.3 is 13.9 Å². The van der Waals surface area contributed by atoms with Crippen LogP contribution in [-0.4, -0.2) is 27.4 Å². The Morgan fingerprint density at radius 3 is 2.00 bits per heavy atom. The van der Waals surface area contributed by atoms with Crippen LogP contribution < -0.4 is 4.74 Å². The van der Waals surface area contributed by atoms with Crippen molar-refractivity contribution in [2.45, 2.75) is 71.9 Å². The monoisotopic (exact) mass is 453 g/mol. The molecule has 0 N–H and O–H groups in total. The Kier molecular flexibility index (Phi) is 6.92. The van der Waals surface area contributed by atoms with E-state index in [0.717, 1.165) is 17.3 Å². The van der Waals surface area contributed by atoms with Crippen molar-refractivity contribution in [1.29, 1.82) is 0 Å². The zero-order valence-electron chi connectivity index (χ0n) is 21.1. The molecule has 1 aliphatic heterocycles. The molecule has 3 rings (SSSR count). The number of aliphatic imine (C=N–C) groups is 1. The summed E-state index contributed by atoms with van der Waals surface area (Å²) in [5, 5.41) is 0.112. The van der Waals surface area contributed by atoms with Crippen molar-refractivity contribution >= 4 is 19.9 Å². The summed E-state index contributed by atoms with van der Waals surface area (Å²) in [6.07, 6.45) is -0.209. The van der Waals surface area contributed by atoms with Crippen LogP contribution in [0.2, 0.25) is 18.1 Å². The van der Waals surface area contributed by atoms with Gasteiger partial charge in [0, 0.05) is 0 Å². The number of nitrogens with zero attached hydrogens (tertiary/aromatic N) is 1. The van der Waals surface area contributed by atoms with Crippen LogP contribution in [0.3, 0.4) is 0 Å². The van der Waals surface area contributed by atoms with E-state index in [0.29, 0.717) is 0 Å². The highest BCUT2D eigenvalue weighted by Crippen LogP contribution is 2.49. The molecule has 0 bridgehead atoms. The molecule has 0 unspecified atom stereocenters. The molecule has 1 saturated heterocycles. The summed E-state index contributed by atoms with van der Waals surface area (Å²) in [6, 6.07) is 18.3. The molecular formula is C27H39NO3Si. The average Bonchev–Trinajstić information content (AvgIpc) is 2.68. The van der Waals surface area contributed by atoms with Crippen LogP contribution in [0.15, 0.2) is 59.6 Å². The number of benzene rings is 2. The maximum atomic E-state index is 6.99. The van der Waals surface area contributed by atoms with E-state index in [-0.39, 0.29) is 28.6 Å². The quantitative estimate of drug-likeness (QED) is 0.424. The third kappa shape index (κ3) is 5.26. The minimum atomic E-state index is -2.03. The van der Waals surface area contributed by atoms with E-state index >= 15 is 0 Å². The first-order chi connectivity index (χ1) is 14.8. The largest absolute Gasteiger partial charge is 0.497 e. The maximum Gasteiger partial charge on any atom is 0.196 e. The molecule has 0 spiro atoms. The van der Waals surface area contributed by atoms with Crippen molar-refractivity contribution in [2.75, 3.05) is 7.11 Å². The molecule has 3 atom stereocenters. The molecule has 1 heterocycles. The number of ether oxygens (including phenoxy) is 2. The molecule has 2 aromatic carbocycles. The summed E-state index contributed by atoms with van der Waals surface area (Å²) in [4.78, 5) is 4.85. The molecule has 1 fully saturated rings. The first-order valence-corrected chi connectivity index (χ1v) is 14.4. The summed E-state index contributed by atoms with van der Waals surface area (Å²) in [5.74, 6) is 1.76. The van der Waals surface area contributed by atoms with E-state index in [1.54, 1.807) is 7.11 Å². The van der Waals surface area contributed by atoms with Crippen molar-refractivity contribution < 1.29 is 13.9 Å². The Balaban J connectivity index is 1.96. The highest BCUT2D eigenvalue weighted by atomic mass is 28.4. The van der Waals surface area contributed by atoms with E-state index < -0.39 is 8.32 Å². The number of hydrogen-bond acceptors (Lipinski definition) is 4. The number of hydrogen-bond donors (Lipinski definition) is 0. The predicted molar refractivity (Wildman–Crippen MR) is 135 cm³/mol. The molecule has 0 saturated carbocycles. The van der Waals surface area contributed by atoms with E-state index in [4.69, 9.17) is 18.9 Å². The van der Waals surface area contributed by atoms with Gasteiger partial charge in [0.25, 0.3) is 0 Å². The van der Waals surface area contributed by atoms with Gasteiger partial charge in [-0.25, -0.2) is 4.99 Å². The standard InChI is InChI=1S/C27H39NO3Si/c1-26(2,3)22-24(30-25(22)28-20-15-17-21(29-7)18-16-20)23(19-13-11-10-12-14-19)31-32(8,9)27(4,5)6/h10-18,22-24H,1-9H3/t22-,23-,24+/m0/s1. The second-order valence-electron chi connectivity index (χ2n) is 11.3.